The van der Waals surface area contributed by atoms with Gasteiger partial charge in [-0.2, -0.15) is 0 Å². The molecule has 0 saturated carbocycles. The van der Waals surface area contributed by atoms with Gasteiger partial charge in [-0.3, -0.25) is 4.79 Å². The average Bonchev–Trinajstić information content (AvgIpc) is 2.60. The van der Waals surface area contributed by atoms with E-state index in [1.165, 1.54) is 12.1 Å². The van der Waals surface area contributed by atoms with Crippen molar-refractivity contribution in [1.82, 2.24) is 0 Å². The molecule has 1 aliphatic rings. The molecule has 0 spiro atoms. The van der Waals surface area contributed by atoms with E-state index in [1.54, 1.807) is 6.07 Å². The van der Waals surface area contributed by atoms with Crippen molar-refractivity contribution >= 4 is 5.78 Å². The van der Waals surface area contributed by atoms with Crippen LogP contribution in [0.25, 0.3) is 0 Å². The molecule has 1 saturated heterocycles. The predicted octanol–water partition coefficient (Wildman–Crippen LogP) is 4.01. The Morgan fingerprint density at radius 3 is 2.61 bits per heavy atom. The van der Waals surface area contributed by atoms with Crippen LogP contribution in [0.4, 0.5) is 4.39 Å². The summed E-state index contributed by atoms with van der Waals surface area (Å²) in [5.74, 6) is -0.194. The Balaban J connectivity index is 1.72. The van der Waals surface area contributed by atoms with Gasteiger partial charge in [0.1, 0.15) is 18.2 Å². The Morgan fingerprint density at radius 1 is 1.13 bits per heavy atom. The monoisotopic (exact) mass is 314 g/mol. The second-order valence-electron chi connectivity index (χ2n) is 5.70. The molecule has 0 N–H and O–H groups in total. The summed E-state index contributed by atoms with van der Waals surface area (Å²) < 4.78 is 24.7. The number of rotatable bonds is 5. The Morgan fingerprint density at radius 2 is 1.87 bits per heavy atom. The first-order valence-corrected chi connectivity index (χ1v) is 7.81. The van der Waals surface area contributed by atoms with E-state index >= 15 is 0 Å². The van der Waals surface area contributed by atoms with Gasteiger partial charge in [0.15, 0.2) is 5.78 Å². The molecule has 0 bridgehead atoms. The zero-order valence-electron chi connectivity index (χ0n) is 12.8. The lowest BCUT2D eigenvalue weighted by atomic mass is 9.91. The average molecular weight is 314 g/mol. The largest absolute Gasteiger partial charge is 0.489 e. The first kappa shape index (κ1) is 15.7. The third-order valence-corrected chi connectivity index (χ3v) is 4.00. The van der Waals surface area contributed by atoms with E-state index in [0.717, 1.165) is 5.56 Å². The highest BCUT2D eigenvalue weighted by Gasteiger charge is 2.23. The second-order valence-corrected chi connectivity index (χ2v) is 5.70. The van der Waals surface area contributed by atoms with Gasteiger partial charge >= 0.3 is 0 Å². The molecule has 0 atom stereocenters. The molecule has 0 radical (unpaired) electrons. The van der Waals surface area contributed by atoms with Crippen molar-refractivity contribution in [3.05, 3.63) is 65.5 Å². The highest BCUT2D eigenvalue weighted by atomic mass is 19.1. The third-order valence-electron chi connectivity index (χ3n) is 4.00. The zero-order chi connectivity index (χ0) is 16.1. The van der Waals surface area contributed by atoms with Gasteiger partial charge < -0.3 is 9.47 Å². The maximum atomic E-state index is 13.8. The summed E-state index contributed by atoms with van der Waals surface area (Å²) in [5.41, 5.74) is 1.37. The summed E-state index contributed by atoms with van der Waals surface area (Å²) >= 11 is 0. The SMILES string of the molecule is O=C(c1cc(F)cc(OCc2ccccc2)c1)C1CCOCC1. The highest BCUT2D eigenvalue weighted by Crippen LogP contribution is 2.24. The van der Waals surface area contributed by atoms with Gasteiger partial charge in [0.2, 0.25) is 0 Å². The number of Topliss-reactive ketones (excluding diaryl/α,β-unsaturated/α-hetero) is 1. The van der Waals surface area contributed by atoms with Crippen LogP contribution < -0.4 is 4.74 Å². The minimum atomic E-state index is -0.453. The van der Waals surface area contributed by atoms with E-state index in [1.807, 2.05) is 30.3 Å². The number of carbonyl (C=O) groups is 1. The molecular weight excluding hydrogens is 295 g/mol. The van der Waals surface area contributed by atoms with E-state index in [2.05, 4.69) is 0 Å². The van der Waals surface area contributed by atoms with Crippen LogP contribution in [0, 0.1) is 11.7 Å². The minimum absolute atomic E-state index is 0.0302. The topological polar surface area (TPSA) is 35.5 Å². The Bertz CT molecular complexity index is 664. The van der Waals surface area contributed by atoms with Crippen molar-refractivity contribution in [2.45, 2.75) is 19.4 Å². The molecule has 1 aliphatic heterocycles. The van der Waals surface area contributed by atoms with Gasteiger partial charge in [0.25, 0.3) is 0 Å². The van der Waals surface area contributed by atoms with Crippen LogP contribution in [0.3, 0.4) is 0 Å². The van der Waals surface area contributed by atoms with Crippen molar-refractivity contribution in [3.63, 3.8) is 0 Å². The van der Waals surface area contributed by atoms with Gasteiger partial charge in [0.05, 0.1) is 0 Å². The van der Waals surface area contributed by atoms with E-state index < -0.39 is 5.82 Å². The van der Waals surface area contributed by atoms with Gasteiger partial charge in [-0.25, -0.2) is 4.39 Å². The Hall–Kier alpha value is -2.20. The molecule has 0 aliphatic carbocycles. The molecule has 1 fully saturated rings. The van der Waals surface area contributed by atoms with E-state index in [0.29, 0.717) is 44.0 Å². The van der Waals surface area contributed by atoms with Crippen LogP contribution in [0.2, 0.25) is 0 Å². The lowest BCUT2D eigenvalue weighted by Gasteiger charge is -2.21. The molecule has 0 amide bonds. The van der Waals surface area contributed by atoms with Crippen LogP contribution >= 0.6 is 0 Å². The van der Waals surface area contributed by atoms with Gasteiger partial charge in [0, 0.05) is 30.8 Å². The number of benzene rings is 2. The van der Waals surface area contributed by atoms with Gasteiger partial charge in [-0.05, 0) is 30.5 Å². The number of hydrogen-bond donors (Lipinski definition) is 0. The molecule has 2 aromatic carbocycles. The van der Waals surface area contributed by atoms with Crippen LogP contribution in [0.15, 0.2) is 48.5 Å². The fourth-order valence-corrected chi connectivity index (χ4v) is 2.72. The lowest BCUT2D eigenvalue weighted by molar-refractivity contribution is 0.0544. The highest BCUT2D eigenvalue weighted by molar-refractivity contribution is 5.98. The Kier molecular flexibility index (Phi) is 5.03. The standard InChI is InChI=1S/C19H19FO3/c20-17-10-16(19(21)15-6-8-22-9-7-15)11-18(12-17)23-13-14-4-2-1-3-5-14/h1-5,10-12,15H,6-9,13H2. The van der Waals surface area contributed by atoms with Crippen molar-refractivity contribution in [3.8, 4) is 5.75 Å². The van der Waals surface area contributed by atoms with Crippen LogP contribution in [-0.4, -0.2) is 19.0 Å². The summed E-state index contributed by atoms with van der Waals surface area (Å²) in [6, 6.07) is 13.9. The van der Waals surface area contributed by atoms with Gasteiger partial charge in [-0.1, -0.05) is 30.3 Å². The summed E-state index contributed by atoms with van der Waals surface area (Å²) in [6.45, 7) is 1.52. The van der Waals surface area contributed by atoms with Crippen molar-refractivity contribution in [2.24, 2.45) is 5.92 Å². The van der Waals surface area contributed by atoms with E-state index in [4.69, 9.17) is 9.47 Å². The van der Waals surface area contributed by atoms with Crippen molar-refractivity contribution < 1.29 is 18.7 Å². The molecule has 0 unspecified atom stereocenters. The van der Waals surface area contributed by atoms with Gasteiger partial charge in [-0.15, -0.1) is 0 Å². The number of hydrogen-bond acceptors (Lipinski definition) is 3. The first-order valence-electron chi connectivity index (χ1n) is 7.81. The summed E-state index contributed by atoms with van der Waals surface area (Å²) in [4.78, 5) is 12.5. The fourth-order valence-electron chi connectivity index (χ4n) is 2.72. The van der Waals surface area contributed by atoms with Crippen LogP contribution in [0.1, 0.15) is 28.8 Å². The summed E-state index contributed by atoms with van der Waals surface area (Å²) in [5, 5.41) is 0. The number of halogens is 1. The molecule has 120 valence electrons. The number of ketones is 1. The molecule has 2 aromatic rings. The number of ether oxygens (including phenoxy) is 2. The number of carbonyl (C=O) groups excluding carboxylic acids is 1. The van der Waals surface area contributed by atoms with E-state index in [-0.39, 0.29) is 11.7 Å². The zero-order valence-corrected chi connectivity index (χ0v) is 12.8. The second kappa shape index (κ2) is 7.38. The smallest absolute Gasteiger partial charge is 0.166 e. The summed E-state index contributed by atoms with van der Waals surface area (Å²) in [6.07, 6.45) is 1.38. The molecule has 3 rings (SSSR count). The Labute approximate surface area is 135 Å². The molecular formula is C19H19FO3. The molecule has 3 nitrogen and oxygen atoms in total. The van der Waals surface area contributed by atoms with Crippen LogP contribution in [-0.2, 0) is 11.3 Å². The van der Waals surface area contributed by atoms with Crippen LogP contribution in [0.5, 0.6) is 5.75 Å². The lowest BCUT2D eigenvalue weighted by Crippen LogP contribution is -2.23. The normalized spacial score (nSPS) is 15.3. The van der Waals surface area contributed by atoms with Crippen molar-refractivity contribution in [1.29, 1.82) is 0 Å². The fraction of sp³-hybridized carbons (Fsp3) is 0.316. The van der Waals surface area contributed by atoms with E-state index in [9.17, 15) is 9.18 Å². The quantitative estimate of drug-likeness (QED) is 0.782. The predicted molar refractivity (Wildman–Crippen MR) is 85.0 cm³/mol. The van der Waals surface area contributed by atoms with Crippen molar-refractivity contribution in [2.75, 3.05) is 13.2 Å². The maximum Gasteiger partial charge on any atom is 0.166 e. The minimum Gasteiger partial charge on any atom is -0.489 e. The molecule has 1 heterocycles. The molecule has 23 heavy (non-hydrogen) atoms. The molecule has 0 aromatic heterocycles. The molecule has 4 heteroatoms. The maximum absolute atomic E-state index is 13.8. The summed E-state index contributed by atoms with van der Waals surface area (Å²) in [7, 11) is 0. The third kappa shape index (κ3) is 4.17. The first-order chi connectivity index (χ1) is 11.2.